The smallest absolute Gasteiger partial charge is 0.237 e. The van der Waals surface area contributed by atoms with Gasteiger partial charge in [0.05, 0.1) is 6.04 Å². The predicted octanol–water partition coefficient (Wildman–Crippen LogP) is 3.70. The van der Waals surface area contributed by atoms with Crippen LogP contribution in [0, 0.1) is 0 Å². The predicted molar refractivity (Wildman–Crippen MR) is 90.8 cm³/mol. The Labute approximate surface area is 136 Å². The average molecular weight is 317 g/mol. The first-order valence-electron chi connectivity index (χ1n) is 7.39. The van der Waals surface area contributed by atoms with E-state index in [9.17, 15) is 4.79 Å². The van der Waals surface area contributed by atoms with Crippen LogP contribution in [0.5, 0.6) is 0 Å². The molecule has 0 radical (unpaired) electrons. The van der Waals surface area contributed by atoms with E-state index in [0.717, 1.165) is 11.1 Å². The summed E-state index contributed by atoms with van der Waals surface area (Å²) in [5, 5.41) is 6.95. The first kappa shape index (κ1) is 16.5. The Kier molecular flexibility index (Phi) is 5.99. The van der Waals surface area contributed by atoms with Gasteiger partial charge in [0.25, 0.3) is 0 Å². The summed E-state index contributed by atoms with van der Waals surface area (Å²) in [6.07, 6.45) is 0. The Balaban J connectivity index is 1.84. The Morgan fingerprint density at radius 3 is 2.32 bits per heavy atom. The topological polar surface area (TPSA) is 41.1 Å². The first-order valence-corrected chi connectivity index (χ1v) is 7.77. The molecule has 22 heavy (non-hydrogen) atoms. The highest BCUT2D eigenvalue weighted by atomic mass is 35.5. The second kappa shape index (κ2) is 7.97. The maximum absolute atomic E-state index is 12.1. The number of amides is 1. The standard InChI is InChI=1S/C18H21ClN2O/c1-13(16-8-10-17(19)11-9-16)21-14(2)18(22)20-12-15-6-4-3-5-7-15/h3-11,13-14,21H,12H2,1-2H3,(H,20,22)/t13-,14-/m1/s1. The van der Waals surface area contributed by atoms with Crippen LogP contribution < -0.4 is 10.6 Å². The molecule has 0 aliphatic heterocycles. The molecule has 0 aromatic heterocycles. The molecule has 0 bridgehead atoms. The molecule has 0 spiro atoms. The highest BCUT2D eigenvalue weighted by Gasteiger charge is 2.15. The first-order chi connectivity index (χ1) is 10.6. The molecule has 0 saturated heterocycles. The highest BCUT2D eigenvalue weighted by Crippen LogP contribution is 2.16. The van der Waals surface area contributed by atoms with E-state index in [4.69, 9.17) is 11.6 Å². The molecule has 0 saturated carbocycles. The molecule has 0 heterocycles. The van der Waals surface area contributed by atoms with Crippen molar-refractivity contribution in [3.8, 4) is 0 Å². The fourth-order valence-electron chi connectivity index (χ4n) is 2.24. The van der Waals surface area contributed by atoms with Gasteiger partial charge < -0.3 is 5.32 Å². The lowest BCUT2D eigenvalue weighted by Crippen LogP contribution is -2.42. The Morgan fingerprint density at radius 2 is 1.68 bits per heavy atom. The van der Waals surface area contributed by atoms with Crippen LogP contribution in [-0.2, 0) is 11.3 Å². The third-order valence-corrected chi connectivity index (χ3v) is 3.82. The maximum atomic E-state index is 12.1. The third-order valence-electron chi connectivity index (χ3n) is 3.57. The summed E-state index contributed by atoms with van der Waals surface area (Å²) in [5.74, 6) is -0.00957. The van der Waals surface area contributed by atoms with Crippen molar-refractivity contribution < 1.29 is 4.79 Å². The molecular weight excluding hydrogens is 296 g/mol. The number of hydrogen-bond donors (Lipinski definition) is 2. The number of carbonyl (C=O) groups excluding carboxylic acids is 1. The summed E-state index contributed by atoms with van der Waals surface area (Å²) in [6.45, 7) is 4.44. The molecular formula is C18H21ClN2O. The molecule has 0 unspecified atom stereocenters. The van der Waals surface area contributed by atoms with Gasteiger partial charge in [0.15, 0.2) is 0 Å². The summed E-state index contributed by atoms with van der Waals surface area (Å²) in [6, 6.07) is 17.3. The molecule has 0 fully saturated rings. The number of nitrogens with one attached hydrogen (secondary N) is 2. The molecule has 2 aromatic rings. The van der Waals surface area contributed by atoms with Crippen molar-refractivity contribution in [1.82, 2.24) is 10.6 Å². The van der Waals surface area contributed by atoms with Crippen molar-refractivity contribution in [2.45, 2.75) is 32.5 Å². The van der Waals surface area contributed by atoms with Crippen molar-refractivity contribution >= 4 is 17.5 Å². The van der Waals surface area contributed by atoms with Gasteiger partial charge >= 0.3 is 0 Å². The van der Waals surface area contributed by atoms with Crippen LogP contribution in [0.4, 0.5) is 0 Å². The average Bonchev–Trinajstić information content (AvgIpc) is 2.54. The summed E-state index contributed by atoms with van der Waals surface area (Å²) in [4.78, 5) is 12.1. The van der Waals surface area contributed by atoms with Crippen LogP contribution >= 0.6 is 11.6 Å². The van der Waals surface area contributed by atoms with Crippen molar-refractivity contribution in [3.05, 3.63) is 70.7 Å². The van der Waals surface area contributed by atoms with E-state index in [1.165, 1.54) is 0 Å². The zero-order valence-electron chi connectivity index (χ0n) is 12.8. The summed E-state index contributed by atoms with van der Waals surface area (Å²) < 4.78 is 0. The fourth-order valence-corrected chi connectivity index (χ4v) is 2.36. The largest absolute Gasteiger partial charge is 0.351 e. The molecule has 0 aliphatic rings. The Hall–Kier alpha value is -1.84. The van der Waals surface area contributed by atoms with Gasteiger partial charge in [-0.25, -0.2) is 0 Å². The zero-order chi connectivity index (χ0) is 15.9. The van der Waals surface area contributed by atoms with Crippen LogP contribution in [0.1, 0.15) is 31.0 Å². The van der Waals surface area contributed by atoms with Gasteiger partial charge in [0.2, 0.25) is 5.91 Å². The van der Waals surface area contributed by atoms with Gasteiger partial charge in [0.1, 0.15) is 0 Å². The van der Waals surface area contributed by atoms with Crippen LogP contribution in [0.2, 0.25) is 5.02 Å². The van der Waals surface area contributed by atoms with E-state index < -0.39 is 0 Å². The van der Waals surface area contributed by atoms with E-state index in [1.807, 2.05) is 68.4 Å². The minimum atomic E-state index is -0.269. The molecule has 2 atom stereocenters. The quantitative estimate of drug-likeness (QED) is 0.853. The molecule has 2 N–H and O–H groups in total. The van der Waals surface area contributed by atoms with Gasteiger partial charge in [-0.1, -0.05) is 54.1 Å². The summed E-state index contributed by atoms with van der Waals surface area (Å²) >= 11 is 5.89. The van der Waals surface area contributed by atoms with Crippen LogP contribution in [0.3, 0.4) is 0 Å². The second-order valence-electron chi connectivity index (χ2n) is 5.36. The van der Waals surface area contributed by atoms with Crippen LogP contribution in [0.25, 0.3) is 0 Å². The van der Waals surface area contributed by atoms with E-state index in [2.05, 4.69) is 10.6 Å². The lowest BCUT2D eigenvalue weighted by molar-refractivity contribution is -0.123. The van der Waals surface area contributed by atoms with E-state index >= 15 is 0 Å². The highest BCUT2D eigenvalue weighted by molar-refractivity contribution is 6.30. The van der Waals surface area contributed by atoms with Crippen LogP contribution in [-0.4, -0.2) is 11.9 Å². The molecule has 3 nitrogen and oxygen atoms in total. The van der Waals surface area contributed by atoms with Crippen molar-refractivity contribution in [2.75, 3.05) is 0 Å². The fraction of sp³-hybridized carbons (Fsp3) is 0.278. The number of rotatable bonds is 6. The number of carbonyl (C=O) groups is 1. The van der Waals surface area contributed by atoms with Gasteiger partial charge in [-0.05, 0) is 37.1 Å². The number of hydrogen-bond acceptors (Lipinski definition) is 2. The summed E-state index contributed by atoms with van der Waals surface area (Å²) in [5.41, 5.74) is 2.20. The van der Waals surface area contributed by atoms with Crippen molar-refractivity contribution in [3.63, 3.8) is 0 Å². The SMILES string of the molecule is C[C@@H](N[C@H](C)c1ccc(Cl)cc1)C(=O)NCc1ccccc1. The lowest BCUT2D eigenvalue weighted by Gasteiger charge is -2.20. The van der Waals surface area contributed by atoms with Crippen LogP contribution in [0.15, 0.2) is 54.6 Å². The molecule has 1 amide bonds. The van der Waals surface area contributed by atoms with E-state index in [1.54, 1.807) is 0 Å². The third kappa shape index (κ3) is 4.86. The molecule has 116 valence electrons. The molecule has 2 aromatic carbocycles. The monoisotopic (exact) mass is 316 g/mol. The maximum Gasteiger partial charge on any atom is 0.237 e. The lowest BCUT2D eigenvalue weighted by atomic mass is 10.1. The number of benzene rings is 2. The Morgan fingerprint density at radius 1 is 1.05 bits per heavy atom. The number of halogens is 1. The molecule has 0 aliphatic carbocycles. The van der Waals surface area contributed by atoms with E-state index in [0.29, 0.717) is 11.6 Å². The van der Waals surface area contributed by atoms with Gasteiger partial charge in [-0.15, -0.1) is 0 Å². The minimum Gasteiger partial charge on any atom is -0.351 e. The van der Waals surface area contributed by atoms with Crippen molar-refractivity contribution in [1.29, 1.82) is 0 Å². The van der Waals surface area contributed by atoms with Crippen molar-refractivity contribution in [2.24, 2.45) is 0 Å². The second-order valence-corrected chi connectivity index (χ2v) is 5.80. The normalized spacial score (nSPS) is 13.4. The Bertz CT molecular complexity index is 598. The molecule has 4 heteroatoms. The zero-order valence-corrected chi connectivity index (χ0v) is 13.6. The van der Waals surface area contributed by atoms with Gasteiger partial charge in [-0.3, -0.25) is 10.1 Å². The van der Waals surface area contributed by atoms with Gasteiger partial charge in [-0.2, -0.15) is 0 Å². The van der Waals surface area contributed by atoms with Gasteiger partial charge in [0, 0.05) is 17.6 Å². The minimum absolute atomic E-state index is 0.00957. The molecule has 2 rings (SSSR count). The summed E-state index contributed by atoms with van der Waals surface area (Å²) in [7, 11) is 0. The van der Waals surface area contributed by atoms with E-state index in [-0.39, 0.29) is 18.0 Å².